The molecular formula is C13H14N2O2S. The summed E-state index contributed by atoms with van der Waals surface area (Å²) in [6.07, 6.45) is 1.74. The predicted molar refractivity (Wildman–Crippen MR) is 74.5 cm³/mol. The van der Waals surface area contributed by atoms with E-state index in [2.05, 4.69) is 0 Å². The fourth-order valence-corrected chi connectivity index (χ4v) is 2.39. The molecule has 0 saturated carbocycles. The highest BCUT2D eigenvalue weighted by Gasteiger charge is 2.31. The Balaban J connectivity index is 2.24. The summed E-state index contributed by atoms with van der Waals surface area (Å²) < 4.78 is 0. The smallest absolute Gasteiger partial charge is 0.293 e. The molecule has 0 spiro atoms. The Morgan fingerprint density at radius 2 is 1.78 bits per heavy atom. The summed E-state index contributed by atoms with van der Waals surface area (Å²) in [6, 6.07) is 7.81. The van der Waals surface area contributed by atoms with Crippen molar-refractivity contribution in [1.29, 1.82) is 0 Å². The predicted octanol–water partition coefficient (Wildman–Crippen LogP) is 2.42. The van der Waals surface area contributed by atoms with Gasteiger partial charge in [0.25, 0.3) is 11.1 Å². The van der Waals surface area contributed by atoms with Crippen LogP contribution in [-0.4, -0.2) is 37.2 Å². The van der Waals surface area contributed by atoms with Gasteiger partial charge in [0.05, 0.1) is 4.91 Å². The van der Waals surface area contributed by atoms with E-state index in [1.165, 1.54) is 7.05 Å². The fraction of sp³-hybridized carbons (Fsp3) is 0.231. The molecule has 0 atom stereocenters. The Hall–Kier alpha value is -1.75. The summed E-state index contributed by atoms with van der Waals surface area (Å²) in [5.74, 6) is -0.235. The van der Waals surface area contributed by atoms with Crippen LogP contribution in [0.25, 0.3) is 6.08 Å². The van der Waals surface area contributed by atoms with E-state index < -0.39 is 0 Å². The summed E-state index contributed by atoms with van der Waals surface area (Å²) in [7, 11) is 5.43. The molecule has 2 amide bonds. The third-order valence-electron chi connectivity index (χ3n) is 2.69. The molecule has 1 heterocycles. The number of nitrogens with zero attached hydrogens (tertiary/aromatic N) is 2. The number of imide groups is 1. The molecule has 0 N–H and O–H groups in total. The zero-order chi connectivity index (χ0) is 13.3. The second kappa shape index (κ2) is 4.86. The fourth-order valence-electron chi connectivity index (χ4n) is 1.57. The largest absolute Gasteiger partial charge is 0.378 e. The van der Waals surface area contributed by atoms with Gasteiger partial charge in [-0.3, -0.25) is 14.5 Å². The second-order valence-corrected chi connectivity index (χ2v) is 5.22. The number of hydrogen-bond acceptors (Lipinski definition) is 4. The summed E-state index contributed by atoms with van der Waals surface area (Å²) in [5, 5.41) is -0.226. The number of hydrogen-bond donors (Lipinski definition) is 0. The van der Waals surface area contributed by atoms with Crippen LogP contribution in [0.4, 0.5) is 10.5 Å². The minimum Gasteiger partial charge on any atom is -0.378 e. The van der Waals surface area contributed by atoms with Gasteiger partial charge in [0.1, 0.15) is 0 Å². The minimum atomic E-state index is -0.235. The van der Waals surface area contributed by atoms with E-state index in [-0.39, 0.29) is 11.1 Å². The highest BCUT2D eigenvalue weighted by molar-refractivity contribution is 8.18. The lowest BCUT2D eigenvalue weighted by atomic mass is 10.2. The van der Waals surface area contributed by atoms with Crippen molar-refractivity contribution in [1.82, 2.24) is 4.90 Å². The Labute approximate surface area is 110 Å². The third-order valence-corrected chi connectivity index (χ3v) is 3.65. The van der Waals surface area contributed by atoms with Crippen molar-refractivity contribution in [3.05, 3.63) is 34.7 Å². The first-order valence-corrected chi connectivity index (χ1v) is 6.29. The average molecular weight is 262 g/mol. The molecule has 0 aromatic heterocycles. The molecule has 1 aliphatic heterocycles. The third kappa shape index (κ3) is 2.41. The quantitative estimate of drug-likeness (QED) is 0.767. The monoisotopic (exact) mass is 262 g/mol. The van der Waals surface area contributed by atoms with Gasteiger partial charge >= 0.3 is 0 Å². The Kier molecular flexibility index (Phi) is 3.43. The molecule has 1 aliphatic rings. The van der Waals surface area contributed by atoms with Crippen LogP contribution in [0.1, 0.15) is 5.56 Å². The summed E-state index contributed by atoms with van der Waals surface area (Å²) in [6.45, 7) is 0. The van der Waals surface area contributed by atoms with Gasteiger partial charge in [-0.05, 0) is 35.5 Å². The van der Waals surface area contributed by atoms with E-state index in [9.17, 15) is 9.59 Å². The zero-order valence-electron chi connectivity index (χ0n) is 10.5. The normalized spacial score (nSPS) is 17.7. The van der Waals surface area contributed by atoms with Gasteiger partial charge in [-0.2, -0.15) is 0 Å². The van der Waals surface area contributed by atoms with Crippen LogP contribution in [0.3, 0.4) is 0 Å². The van der Waals surface area contributed by atoms with Crippen molar-refractivity contribution in [3.63, 3.8) is 0 Å². The van der Waals surface area contributed by atoms with Gasteiger partial charge in [-0.1, -0.05) is 12.1 Å². The van der Waals surface area contributed by atoms with E-state index in [0.717, 1.165) is 27.9 Å². The molecule has 1 fully saturated rings. The van der Waals surface area contributed by atoms with Gasteiger partial charge < -0.3 is 4.90 Å². The number of anilines is 1. The second-order valence-electron chi connectivity index (χ2n) is 4.23. The molecule has 18 heavy (non-hydrogen) atoms. The molecule has 1 saturated heterocycles. The maximum atomic E-state index is 11.7. The van der Waals surface area contributed by atoms with Gasteiger partial charge in [0.15, 0.2) is 0 Å². The van der Waals surface area contributed by atoms with Crippen molar-refractivity contribution in [2.75, 3.05) is 26.0 Å². The number of benzene rings is 1. The molecule has 4 nitrogen and oxygen atoms in total. The van der Waals surface area contributed by atoms with E-state index in [1.54, 1.807) is 6.08 Å². The summed E-state index contributed by atoms with van der Waals surface area (Å²) in [5.41, 5.74) is 2.01. The summed E-state index contributed by atoms with van der Waals surface area (Å²) >= 11 is 0.975. The molecule has 94 valence electrons. The molecule has 0 aliphatic carbocycles. The number of amides is 2. The molecule has 0 radical (unpaired) electrons. The number of likely N-dealkylation sites (N-methyl/N-ethyl adjacent to an activating group) is 1. The lowest BCUT2D eigenvalue weighted by Crippen LogP contribution is -2.22. The van der Waals surface area contributed by atoms with E-state index in [0.29, 0.717) is 4.91 Å². The van der Waals surface area contributed by atoms with Crippen molar-refractivity contribution < 1.29 is 9.59 Å². The Morgan fingerprint density at radius 3 is 2.22 bits per heavy atom. The Bertz CT molecular complexity index is 520. The van der Waals surface area contributed by atoms with Gasteiger partial charge in [-0.25, -0.2) is 0 Å². The lowest BCUT2D eigenvalue weighted by Gasteiger charge is -2.11. The van der Waals surface area contributed by atoms with Gasteiger partial charge in [0.2, 0.25) is 0 Å². The highest BCUT2D eigenvalue weighted by Crippen LogP contribution is 2.31. The van der Waals surface area contributed by atoms with Crippen molar-refractivity contribution in [2.24, 2.45) is 0 Å². The number of carbonyl (C=O) groups excluding carboxylic acids is 2. The number of thioether (sulfide) groups is 1. The SMILES string of the molecule is CN1C(=O)S/C(=C/c2ccc(N(C)C)cc2)C1=O. The first-order chi connectivity index (χ1) is 8.49. The standard InChI is InChI=1S/C13H14N2O2S/c1-14(2)10-6-4-9(5-7-10)8-11-12(16)15(3)13(17)18-11/h4-8H,1-3H3/b11-8+. The van der Waals surface area contributed by atoms with Gasteiger partial charge in [0, 0.05) is 26.8 Å². The first-order valence-electron chi connectivity index (χ1n) is 5.48. The average Bonchev–Trinajstić information content (AvgIpc) is 2.58. The van der Waals surface area contributed by atoms with Crippen LogP contribution in [0.15, 0.2) is 29.2 Å². The molecule has 2 rings (SSSR count). The molecule has 1 aromatic rings. The zero-order valence-corrected chi connectivity index (χ0v) is 11.3. The van der Waals surface area contributed by atoms with E-state index in [4.69, 9.17) is 0 Å². The topological polar surface area (TPSA) is 40.6 Å². The maximum Gasteiger partial charge on any atom is 0.293 e. The minimum absolute atomic E-state index is 0.226. The van der Waals surface area contributed by atoms with Crippen LogP contribution in [-0.2, 0) is 4.79 Å². The van der Waals surface area contributed by atoms with Crippen LogP contribution in [0.2, 0.25) is 0 Å². The van der Waals surface area contributed by atoms with Crippen LogP contribution < -0.4 is 4.90 Å². The highest BCUT2D eigenvalue weighted by atomic mass is 32.2. The van der Waals surface area contributed by atoms with Crippen molar-refractivity contribution in [3.8, 4) is 0 Å². The molecule has 5 heteroatoms. The van der Waals surface area contributed by atoms with Crippen molar-refractivity contribution >= 4 is 34.7 Å². The van der Waals surface area contributed by atoms with E-state index >= 15 is 0 Å². The lowest BCUT2D eigenvalue weighted by molar-refractivity contribution is -0.121. The van der Waals surface area contributed by atoms with Crippen LogP contribution in [0, 0.1) is 0 Å². The Morgan fingerprint density at radius 1 is 1.17 bits per heavy atom. The first kappa shape index (κ1) is 12.7. The van der Waals surface area contributed by atoms with Crippen molar-refractivity contribution in [2.45, 2.75) is 0 Å². The molecular weight excluding hydrogens is 248 g/mol. The van der Waals surface area contributed by atoms with Crippen LogP contribution in [0.5, 0.6) is 0 Å². The van der Waals surface area contributed by atoms with Crippen LogP contribution >= 0.6 is 11.8 Å². The maximum absolute atomic E-state index is 11.7. The van der Waals surface area contributed by atoms with E-state index in [1.807, 2.05) is 43.3 Å². The number of rotatable bonds is 2. The number of carbonyl (C=O) groups is 2. The molecule has 1 aromatic carbocycles. The molecule has 0 bridgehead atoms. The molecule has 0 unspecified atom stereocenters. The van der Waals surface area contributed by atoms with Gasteiger partial charge in [-0.15, -0.1) is 0 Å². The summed E-state index contributed by atoms with van der Waals surface area (Å²) in [4.78, 5) is 26.7.